The fourth-order valence-electron chi connectivity index (χ4n) is 3.33. The van der Waals surface area contributed by atoms with Gasteiger partial charge < -0.3 is 5.11 Å². The minimum Gasteiger partial charge on any atom is -0.389 e. The molecule has 1 aliphatic rings. The van der Waals surface area contributed by atoms with Crippen LogP contribution in [0.2, 0.25) is 0 Å². The van der Waals surface area contributed by atoms with Crippen molar-refractivity contribution in [3.63, 3.8) is 0 Å². The Morgan fingerprint density at radius 2 is 1.91 bits per heavy atom. The van der Waals surface area contributed by atoms with Crippen molar-refractivity contribution in [2.24, 2.45) is 0 Å². The fourth-order valence-corrected chi connectivity index (χ4v) is 3.93. The van der Waals surface area contributed by atoms with Gasteiger partial charge in [-0.3, -0.25) is 4.90 Å². The van der Waals surface area contributed by atoms with E-state index in [-0.39, 0.29) is 0 Å². The molecule has 0 saturated heterocycles. The molecule has 4 heteroatoms. The van der Waals surface area contributed by atoms with Crippen LogP contribution in [0, 0.1) is 6.92 Å². The van der Waals surface area contributed by atoms with Gasteiger partial charge in [-0.25, -0.2) is 4.98 Å². The number of aliphatic hydroxyl groups is 1. The lowest BCUT2D eigenvalue weighted by Gasteiger charge is -2.31. The summed E-state index contributed by atoms with van der Waals surface area (Å²) in [7, 11) is 0. The highest BCUT2D eigenvalue weighted by molar-refractivity contribution is 7.09. The Balaban J connectivity index is 1.72. The predicted molar refractivity (Wildman–Crippen MR) is 90.8 cm³/mol. The summed E-state index contributed by atoms with van der Waals surface area (Å²) in [6.45, 7) is 4.44. The fraction of sp³-hybridized carbons (Fsp3) is 0.500. The molecule has 118 valence electrons. The number of aryl methyl sites for hydroxylation is 1. The first-order valence-electron chi connectivity index (χ1n) is 8.03. The van der Waals surface area contributed by atoms with E-state index in [1.807, 2.05) is 13.0 Å². The summed E-state index contributed by atoms with van der Waals surface area (Å²) < 4.78 is 0. The molecule has 3 nitrogen and oxygen atoms in total. The van der Waals surface area contributed by atoms with E-state index in [2.05, 4.69) is 39.5 Å². The zero-order chi connectivity index (χ0) is 15.4. The molecule has 0 amide bonds. The normalized spacial score (nSPS) is 17.2. The highest BCUT2D eigenvalue weighted by Gasteiger charge is 2.33. The first-order valence-corrected chi connectivity index (χ1v) is 8.91. The van der Waals surface area contributed by atoms with Crippen molar-refractivity contribution in [2.75, 3.05) is 6.54 Å². The van der Waals surface area contributed by atoms with Crippen LogP contribution in [0.1, 0.15) is 41.9 Å². The summed E-state index contributed by atoms with van der Waals surface area (Å²) in [5.74, 6) is 0. The van der Waals surface area contributed by atoms with Crippen LogP contribution in [0.5, 0.6) is 0 Å². The number of hydrogen-bond donors (Lipinski definition) is 1. The van der Waals surface area contributed by atoms with E-state index in [4.69, 9.17) is 0 Å². The molecular weight excluding hydrogens is 292 g/mol. The summed E-state index contributed by atoms with van der Waals surface area (Å²) in [6, 6.07) is 10.5. The van der Waals surface area contributed by atoms with Gasteiger partial charge in [0.05, 0.1) is 16.3 Å². The van der Waals surface area contributed by atoms with Crippen LogP contribution >= 0.6 is 11.3 Å². The van der Waals surface area contributed by atoms with E-state index >= 15 is 0 Å². The van der Waals surface area contributed by atoms with Gasteiger partial charge in [0.15, 0.2) is 0 Å². The Hall–Kier alpha value is -1.23. The topological polar surface area (TPSA) is 36.4 Å². The predicted octanol–water partition coefficient (Wildman–Crippen LogP) is 3.76. The molecule has 1 N–H and O–H groups in total. The molecule has 0 radical (unpaired) electrons. The SMILES string of the molecule is Cc1nc(CN(Cc2ccccc2)CC2(O)CCCC2)cs1. The number of benzene rings is 1. The maximum Gasteiger partial charge on any atom is 0.0897 e. The van der Waals surface area contributed by atoms with Crippen molar-refractivity contribution >= 4 is 11.3 Å². The molecule has 1 aromatic heterocycles. The number of hydrogen-bond acceptors (Lipinski definition) is 4. The number of aromatic nitrogens is 1. The van der Waals surface area contributed by atoms with Crippen LogP contribution in [0.15, 0.2) is 35.7 Å². The van der Waals surface area contributed by atoms with Gasteiger partial charge in [0.2, 0.25) is 0 Å². The summed E-state index contributed by atoms with van der Waals surface area (Å²) in [5, 5.41) is 14.0. The maximum absolute atomic E-state index is 10.8. The van der Waals surface area contributed by atoms with Crippen molar-refractivity contribution in [3.05, 3.63) is 52.0 Å². The van der Waals surface area contributed by atoms with Crippen LogP contribution in [0.25, 0.3) is 0 Å². The molecule has 3 rings (SSSR count). The molecule has 0 spiro atoms. The molecule has 1 heterocycles. The lowest BCUT2D eigenvalue weighted by atomic mass is 10.0. The van der Waals surface area contributed by atoms with Crippen LogP contribution < -0.4 is 0 Å². The van der Waals surface area contributed by atoms with E-state index in [0.717, 1.165) is 56.0 Å². The van der Waals surface area contributed by atoms with E-state index in [1.165, 1.54) is 5.56 Å². The van der Waals surface area contributed by atoms with E-state index in [9.17, 15) is 5.11 Å². The standard InChI is InChI=1S/C18H24N2OS/c1-15-19-17(13-22-15)12-20(11-16-7-3-2-4-8-16)14-18(21)9-5-6-10-18/h2-4,7-8,13,21H,5-6,9-12,14H2,1H3. The third-order valence-electron chi connectivity index (χ3n) is 4.35. The van der Waals surface area contributed by atoms with Gasteiger partial charge in [0, 0.05) is 25.0 Å². The minimum atomic E-state index is -0.514. The van der Waals surface area contributed by atoms with Gasteiger partial charge in [-0.1, -0.05) is 43.2 Å². The molecule has 22 heavy (non-hydrogen) atoms. The maximum atomic E-state index is 10.8. The lowest BCUT2D eigenvalue weighted by Crippen LogP contribution is -2.40. The Bertz CT molecular complexity index is 590. The third-order valence-corrected chi connectivity index (χ3v) is 5.18. The molecule has 1 aromatic carbocycles. The average Bonchev–Trinajstić information content (AvgIpc) is 3.09. The Kier molecular flexibility index (Phi) is 4.91. The minimum absolute atomic E-state index is 0.514. The van der Waals surface area contributed by atoms with Gasteiger partial charge in [0.1, 0.15) is 0 Å². The first-order chi connectivity index (χ1) is 10.6. The third kappa shape index (κ3) is 4.15. The lowest BCUT2D eigenvalue weighted by molar-refractivity contribution is 0.00425. The van der Waals surface area contributed by atoms with Gasteiger partial charge in [-0.05, 0) is 25.3 Å². The van der Waals surface area contributed by atoms with Crippen molar-refractivity contribution in [2.45, 2.75) is 51.3 Å². The van der Waals surface area contributed by atoms with Gasteiger partial charge in [0.25, 0.3) is 0 Å². The second-order valence-electron chi connectivity index (χ2n) is 6.42. The van der Waals surface area contributed by atoms with Crippen LogP contribution in [-0.4, -0.2) is 27.1 Å². The highest BCUT2D eigenvalue weighted by atomic mass is 32.1. The van der Waals surface area contributed by atoms with E-state index in [0.29, 0.717) is 0 Å². The van der Waals surface area contributed by atoms with Crippen LogP contribution in [0.4, 0.5) is 0 Å². The molecule has 0 unspecified atom stereocenters. The Morgan fingerprint density at radius 3 is 2.55 bits per heavy atom. The number of nitrogens with zero attached hydrogens (tertiary/aromatic N) is 2. The molecule has 1 aliphatic carbocycles. The summed E-state index contributed by atoms with van der Waals surface area (Å²) in [6.07, 6.45) is 4.14. The van der Waals surface area contributed by atoms with E-state index in [1.54, 1.807) is 11.3 Å². The molecule has 1 saturated carbocycles. The van der Waals surface area contributed by atoms with Gasteiger partial charge in [-0.2, -0.15) is 0 Å². The smallest absolute Gasteiger partial charge is 0.0897 e. The first kappa shape index (κ1) is 15.7. The van der Waals surface area contributed by atoms with Crippen molar-refractivity contribution in [1.82, 2.24) is 9.88 Å². The Morgan fingerprint density at radius 1 is 1.18 bits per heavy atom. The Labute approximate surface area is 136 Å². The van der Waals surface area contributed by atoms with Crippen LogP contribution in [-0.2, 0) is 13.1 Å². The quantitative estimate of drug-likeness (QED) is 0.881. The number of thiazole rings is 1. The zero-order valence-electron chi connectivity index (χ0n) is 13.2. The van der Waals surface area contributed by atoms with Crippen molar-refractivity contribution in [1.29, 1.82) is 0 Å². The largest absolute Gasteiger partial charge is 0.389 e. The zero-order valence-corrected chi connectivity index (χ0v) is 14.0. The molecule has 0 atom stereocenters. The van der Waals surface area contributed by atoms with E-state index < -0.39 is 5.60 Å². The number of rotatable bonds is 6. The van der Waals surface area contributed by atoms with Crippen molar-refractivity contribution in [3.8, 4) is 0 Å². The molecule has 2 aromatic rings. The molecule has 1 fully saturated rings. The van der Waals surface area contributed by atoms with Crippen LogP contribution in [0.3, 0.4) is 0 Å². The summed E-state index contributed by atoms with van der Waals surface area (Å²) >= 11 is 1.69. The monoisotopic (exact) mass is 316 g/mol. The summed E-state index contributed by atoms with van der Waals surface area (Å²) in [5.41, 5.74) is 1.89. The second-order valence-corrected chi connectivity index (χ2v) is 7.48. The van der Waals surface area contributed by atoms with Gasteiger partial charge >= 0.3 is 0 Å². The van der Waals surface area contributed by atoms with Crippen molar-refractivity contribution < 1.29 is 5.11 Å². The molecule has 0 aliphatic heterocycles. The van der Waals surface area contributed by atoms with Gasteiger partial charge in [-0.15, -0.1) is 11.3 Å². The second kappa shape index (κ2) is 6.90. The molecular formula is C18H24N2OS. The molecule has 0 bridgehead atoms. The highest BCUT2D eigenvalue weighted by Crippen LogP contribution is 2.31. The summed E-state index contributed by atoms with van der Waals surface area (Å²) in [4.78, 5) is 6.93. The average molecular weight is 316 g/mol.